The van der Waals surface area contributed by atoms with Crippen molar-refractivity contribution < 1.29 is 9.21 Å². The molecule has 4 heteroatoms. The fourth-order valence-corrected chi connectivity index (χ4v) is 2.90. The summed E-state index contributed by atoms with van der Waals surface area (Å²) in [6.07, 6.45) is 5.36. The van der Waals surface area contributed by atoms with Crippen LogP contribution in [0.25, 0.3) is 0 Å². The fraction of sp³-hybridized carbons (Fsp3) is 0.667. The average molecular weight is 264 g/mol. The van der Waals surface area contributed by atoms with Crippen molar-refractivity contribution in [3.8, 4) is 0 Å². The highest BCUT2D eigenvalue weighted by Crippen LogP contribution is 2.31. The summed E-state index contributed by atoms with van der Waals surface area (Å²) in [5, 5.41) is 6.47. The smallest absolute Gasteiger partial charge is 0.227 e. The quantitative estimate of drug-likeness (QED) is 0.827. The first-order valence-corrected chi connectivity index (χ1v) is 7.20. The molecule has 0 spiro atoms. The maximum atomic E-state index is 12.5. The number of amides is 1. The molecule has 106 valence electrons. The summed E-state index contributed by atoms with van der Waals surface area (Å²) in [7, 11) is 0. The maximum Gasteiger partial charge on any atom is 0.227 e. The minimum atomic E-state index is -0.202. The van der Waals surface area contributed by atoms with Gasteiger partial charge in [0.25, 0.3) is 0 Å². The summed E-state index contributed by atoms with van der Waals surface area (Å²) in [6, 6.07) is 3.93. The number of rotatable bonds is 6. The molecule has 1 aliphatic rings. The maximum absolute atomic E-state index is 12.5. The van der Waals surface area contributed by atoms with Gasteiger partial charge in [-0.2, -0.15) is 0 Å². The van der Waals surface area contributed by atoms with Gasteiger partial charge in [-0.1, -0.05) is 13.3 Å². The van der Waals surface area contributed by atoms with Crippen molar-refractivity contribution in [1.82, 2.24) is 10.6 Å². The van der Waals surface area contributed by atoms with E-state index in [4.69, 9.17) is 4.42 Å². The summed E-state index contributed by atoms with van der Waals surface area (Å²) in [5.41, 5.74) is -0.202. The van der Waals surface area contributed by atoms with Crippen molar-refractivity contribution in [1.29, 1.82) is 0 Å². The molecule has 2 atom stereocenters. The van der Waals surface area contributed by atoms with Crippen LogP contribution in [0.1, 0.15) is 38.9 Å². The number of hydrogen-bond acceptors (Lipinski definition) is 3. The summed E-state index contributed by atoms with van der Waals surface area (Å²) >= 11 is 0. The monoisotopic (exact) mass is 264 g/mol. The van der Waals surface area contributed by atoms with E-state index in [-0.39, 0.29) is 17.4 Å². The minimum Gasteiger partial charge on any atom is -0.469 e. The van der Waals surface area contributed by atoms with E-state index in [1.807, 2.05) is 19.1 Å². The number of carbonyl (C=O) groups excluding carboxylic acids is 1. The van der Waals surface area contributed by atoms with E-state index in [0.29, 0.717) is 0 Å². The van der Waals surface area contributed by atoms with Crippen molar-refractivity contribution in [2.45, 2.75) is 45.6 Å². The third-order valence-corrected chi connectivity index (χ3v) is 3.92. The van der Waals surface area contributed by atoms with E-state index >= 15 is 0 Å². The average Bonchev–Trinajstić information content (AvgIpc) is 3.01. The van der Waals surface area contributed by atoms with Crippen molar-refractivity contribution in [3.63, 3.8) is 0 Å². The summed E-state index contributed by atoms with van der Waals surface area (Å²) in [6.45, 7) is 5.92. The Kier molecular flexibility index (Phi) is 4.64. The third-order valence-electron chi connectivity index (χ3n) is 3.92. The fourth-order valence-electron chi connectivity index (χ4n) is 2.90. The molecular weight excluding hydrogens is 240 g/mol. The van der Waals surface area contributed by atoms with Crippen LogP contribution in [0, 0.1) is 5.41 Å². The molecule has 1 saturated heterocycles. The Morgan fingerprint density at radius 2 is 2.47 bits per heavy atom. The van der Waals surface area contributed by atoms with Crippen molar-refractivity contribution >= 4 is 5.91 Å². The van der Waals surface area contributed by atoms with Crippen LogP contribution in [0.2, 0.25) is 0 Å². The second kappa shape index (κ2) is 6.24. The zero-order valence-corrected chi connectivity index (χ0v) is 11.9. The molecule has 1 aliphatic heterocycles. The SMILES string of the molecule is CCCC1(C(=O)NC(C)Cc2ccco2)CCNC1. The van der Waals surface area contributed by atoms with Gasteiger partial charge in [0.15, 0.2) is 0 Å². The van der Waals surface area contributed by atoms with Crippen LogP contribution in [0.15, 0.2) is 22.8 Å². The predicted molar refractivity (Wildman–Crippen MR) is 74.8 cm³/mol. The largest absolute Gasteiger partial charge is 0.469 e. The molecule has 19 heavy (non-hydrogen) atoms. The van der Waals surface area contributed by atoms with Crippen molar-refractivity contribution in [2.75, 3.05) is 13.1 Å². The van der Waals surface area contributed by atoms with Gasteiger partial charge in [0.1, 0.15) is 5.76 Å². The third kappa shape index (κ3) is 3.38. The predicted octanol–water partition coefficient (Wildman–Crippen LogP) is 2.11. The normalized spacial score (nSPS) is 24.3. The van der Waals surface area contributed by atoms with Crippen LogP contribution in [0.5, 0.6) is 0 Å². The summed E-state index contributed by atoms with van der Waals surface area (Å²) in [5.74, 6) is 1.11. The van der Waals surface area contributed by atoms with E-state index in [9.17, 15) is 4.79 Å². The minimum absolute atomic E-state index is 0.105. The van der Waals surface area contributed by atoms with Crippen LogP contribution in [0.4, 0.5) is 0 Å². The summed E-state index contributed by atoms with van der Waals surface area (Å²) < 4.78 is 5.32. The lowest BCUT2D eigenvalue weighted by molar-refractivity contribution is -0.131. The number of carbonyl (C=O) groups is 1. The number of nitrogens with one attached hydrogen (secondary N) is 2. The van der Waals surface area contributed by atoms with Gasteiger partial charge in [0.2, 0.25) is 5.91 Å². The molecule has 0 saturated carbocycles. The molecule has 2 rings (SSSR count). The molecule has 4 nitrogen and oxygen atoms in total. The van der Waals surface area contributed by atoms with Crippen molar-refractivity contribution in [3.05, 3.63) is 24.2 Å². The highest BCUT2D eigenvalue weighted by molar-refractivity contribution is 5.83. The van der Waals surface area contributed by atoms with E-state index in [1.54, 1.807) is 6.26 Å². The van der Waals surface area contributed by atoms with Crippen molar-refractivity contribution in [2.24, 2.45) is 5.41 Å². The van der Waals surface area contributed by atoms with E-state index in [1.165, 1.54) is 0 Å². The first kappa shape index (κ1) is 14.1. The van der Waals surface area contributed by atoms with Gasteiger partial charge in [-0.25, -0.2) is 0 Å². The lowest BCUT2D eigenvalue weighted by Crippen LogP contribution is -2.46. The van der Waals surface area contributed by atoms with Crippen LogP contribution < -0.4 is 10.6 Å². The highest BCUT2D eigenvalue weighted by Gasteiger charge is 2.40. The van der Waals surface area contributed by atoms with Gasteiger partial charge < -0.3 is 15.1 Å². The standard InChI is InChI=1S/C15H24N2O2/c1-3-6-15(7-8-16-11-15)14(18)17-12(2)10-13-5-4-9-19-13/h4-5,9,12,16H,3,6-8,10-11H2,1-2H3,(H,17,18). The Bertz CT molecular complexity index is 394. The van der Waals surface area contributed by atoms with Crippen LogP contribution in [-0.2, 0) is 11.2 Å². The molecule has 0 aliphatic carbocycles. The Morgan fingerprint density at radius 1 is 1.63 bits per heavy atom. The molecule has 1 amide bonds. The van der Waals surface area contributed by atoms with Crippen LogP contribution in [-0.4, -0.2) is 25.0 Å². The van der Waals surface area contributed by atoms with Crippen LogP contribution >= 0.6 is 0 Å². The lowest BCUT2D eigenvalue weighted by Gasteiger charge is -2.28. The first-order valence-electron chi connectivity index (χ1n) is 7.20. The molecule has 1 aromatic heterocycles. The second-order valence-corrected chi connectivity index (χ2v) is 5.62. The van der Waals surface area contributed by atoms with Gasteiger partial charge in [0.05, 0.1) is 11.7 Å². The lowest BCUT2D eigenvalue weighted by atomic mass is 9.81. The number of furan rings is 1. The van der Waals surface area contributed by atoms with Gasteiger partial charge in [-0.15, -0.1) is 0 Å². The van der Waals surface area contributed by atoms with E-state index in [0.717, 1.165) is 44.5 Å². The molecule has 0 radical (unpaired) electrons. The van der Waals surface area contributed by atoms with Gasteiger partial charge in [-0.3, -0.25) is 4.79 Å². The molecular formula is C15H24N2O2. The Balaban J connectivity index is 1.91. The molecule has 1 aromatic rings. The zero-order chi connectivity index (χ0) is 13.7. The Morgan fingerprint density at radius 3 is 3.05 bits per heavy atom. The first-order chi connectivity index (χ1) is 9.16. The van der Waals surface area contributed by atoms with Gasteiger partial charge >= 0.3 is 0 Å². The Labute approximate surface area is 114 Å². The zero-order valence-electron chi connectivity index (χ0n) is 11.9. The summed E-state index contributed by atoms with van der Waals surface area (Å²) in [4.78, 5) is 12.5. The Hall–Kier alpha value is -1.29. The van der Waals surface area contributed by atoms with Gasteiger partial charge in [-0.05, 0) is 38.4 Å². The molecule has 1 fully saturated rings. The second-order valence-electron chi connectivity index (χ2n) is 5.62. The van der Waals surface area contributed by atoms with E-state index in [2.05, 4.69) is 17.6 Å². The molecule has 2 unspecified atom stereocenters. The van der Waals surface area contributed by atoms with Crippen LogP contribution in [0.3, 0.4) is 0 Å². The number of hydrogen-bond donors (Lipinski definition) is 2. The topological polar surface area (TPSA) is 54.3 Å². The highest BCUT2D eigenvalue weighted by atomic mass is 16.3. The molecule has 2 N–H and O–H groups in total. The molecule has 0 aromatic carbocycles. The molecule has 0 bridgehead atoms. The van der Waals surface area contributed by atoms with E-state index < -0.39 is 0 Å². The van der Waals surface area contributed by atoms with Gasteiger partial charge in [0, 0.05) is 19.0 Å². The molecule has 2 heterocycles.